The molecule has 0 saturated carbocycles. The summed E-state index contributed by atoms with van der Waals surface area (Å²) in [5.41, 5.74) is 5.08. The molecule has 4 amide bonds. The first-order valence-electron chi connectivity index (χ1n) is 13.4. The van der Waals surface area contributed by atoms with E-state index in [4.69, 9.17) is 11.6 Å². The number of urea groups is 1. The molecule has 2 atom stereocenters. The number of aromatic nitrogens is 1. The van der Waals surface area contributed by atoms with Crippen LogP contribution in [0.1, 0.15) is 38.8 Å². The van der Waals surface area contributed by atoms with Crippen molar-refractivity contribution in [2.24, 2.45) is 0 Å². The predicted octanol–water partition coefficient (Wildman–Crippen LogP) is 6.23. The molecule has 2 aliphatic heterocycles. The van der Waals surface area contributed by atoms with Crippen molar-refractivity contribution in [3.05, 3.63) is 136 Å². The molecule has 2 aliphatic rings. The number of benzene rings is 4. The van der Waals surface area contributed by atoms with Gasteiger partial charge in [0.05, 0.1) is 11.3 Å². The second-order valence-corrected chi connectivity index (χ2v) is 10.7. The quantitative estimate of drug-likeness (QED) is 0.250. The second kappa shape index (κ2) is 9.94. The van der Waals surface area contributed by atoms with E-state index in [1.165, 1.54) is 0 Å². The Morgan fingerprint density at radius 3 is 2.49 bits per heavy atom. The van der Waals surface area contributed by atoms with Crippen LogP contribution in [0, 0.1) is 0 Å². The molecule has 4 aromatic carbocycles. The summed E-state index contributed by atoms with van der Waals surface area (Å²) in [6.07, 6.45) is 0.361. The maximum atomic E-state index is 14.3. The van der Waals surface area contributed by atoms with E-state index in [-0.39, 0.29) is 23.1 Å². The Morgan fingerprint density at radius 2 is 1.66 bits per heavy atom. The third-order valence-electron chi connectivity index (χ3n) is 7.90. The normalized spacial score (nSPS) is 18.0. The standard InChI is InChI=1S/C33H25ClN4O3/c34-22-12-8-11-21(17-22)30-29-25(23-13-4-6-15-26(23)36-29)18-28-32(40)38(33(41)37(28)30)27-16-7-5-14-24(27)31(39)35-19-20-9-2-1-3-10-20/h1-17,28,30,36H,18-19H2,(H,35,39)/t28-,30?/m0/s1. The van der Waals surface area contributed by atoms with E-state index in [0.717, 1.165) is 38.2 Å². The van der Waals surface area contributed by atoms with E-state index in [2.05, 4.69) is 10.3 Å². The van der Waals surface area contributed by atoms with Crippen LogP contribution in [0.2, 0.25) is 5.02 Å². The molecule has 41 heavy (non-hydrogen) atoms. The Hall–Kier alpha value is -4.88. The van der Waals surface area contributed by atoms with Crippen molar-refractivity contribution in [1.29, 1.82) is 0 Å². The van der Waals surface area contributed by atoms with Gasteiger partial charge in [-0.1, -0.05) is 84.4 Å². The number of halogens is 1. The minimum atomic E-state index is -0.737. The van der Waals surface area contributed by atoms with Gasteiger partial charge in [0, 0.05) is 34.6 Å². The Labute approximate surface area is 241 Å². The molecule has 0 aliphatic carbocycles. The molecule has 0 spiro atoms. The number of carbonyl (C=O) groups is 3. The third-order valence-corrected chi connectivity index (χ3v) is 8.13. The monoisotopic (exact) mass is 560 g/mol. The second-order valence-electron chi connectivity index (χ2n) is 10.3. The summed E-state index contributed by atoms with van der Waals surface area (Å²) in [7, 11) is 0. The van der Waals surface area contributed by atoms with Gasteiger partial charge in [-0.15, -0.1) is 0 Å². The van der Waals surface area contributed by atoms with Crippen molar-refractivity contribution >= 4 is 46.0 Å². The van der Waals surface area contributed by atoms with Crippen LogP contribution in [0.3, 0.4) is 0 Å². The highest BCUT2D eigenvalue weighted by atomic mass is 35.5. The van der Waals surface area contributed by atoms with E-state index in [1.807, 2.05) is 72.8 Å². The fraction of sp³-hybridized carbons (Fsp3) is 0.121. The van der Waals surface area contributed by atoms with Crippen molar-refractivity contribution in [1.82, 2.24) is 15.2 Å². The number of para-hydroxylation sites is 2. The number of anilines is 1. The van der Waals surface area contributed by atoms with E-state index < -0.39 is 18.1 Å². The zero-order valence-electron chi connectivity index (χ0n) is 21.9. The molecule has 0 radical (unpaired) electrons. The van der Waals surface area contributed by atoms with Gasteiger partial charge in [0.1, 0.15) is 12.1 Å². The Kier molecular flexibility index (Phi) is 6.09. The molecular weight excluding hydrogens is 536 g/mol. The van der Waals surface area contributed by atoms with Crippen molar-refractivity contribution in [2.75, 3.05) is 4.90 Å². The molecule has 2 N–H and O–H groups in total. The molecule has 202 valence electrons. The highest BCUT2D eigenvalue weighted by molar-refractivity contribution is 6.30. The summed E-state index contributed by atoms with van der Waals surface area (Å²) >= 11 is 6.40. The lowest BCUT2D eigenvalue weighted by Gasteiger charge is -2.36. The number of nitrogens with zero attached hydrogens (tertiary/aromatic N) is 2. The van der Waals surface area contributed by atoms with Gasteiger partial charge in [-0.25, -0.2) is 9.69 Å². The molecule has 1 saturated heterocycles. The number of H-pyrrole nitrogens is 1. The van der Waals surface area contributed by atoms with Crippen molar-refractivity contribution in [3.63, 3.8) is 0 Å². The lowest BCUT2D eigenvalue weighted by atomic mass is 9.89. The van der Waals surface area contributed by atoms with Crippen LogP contribution >= 0.6 is 11.6 Å². The first-order chi connectivity index (χ1) is 20.0. The average molecular weight is 561 g/mol. The smallest absolute Gasteiger partial charge is 0.332 e. The number of hydrogen-bond donors (Lipinski definition) is 2. The predicted molar refractivity (Wildman–Crippen MR) is 158 cm³/mol. The van der Waals surface area contributed by atoms with E-state index >= 15 is 0 Å². The largest absolute Gasteiger partial charge is 0.356 e. The molecular formula is C33H25ClN4O3. The third kappa shape index (κ3) is 4.17. The summed E-state index contributed by atoms with van der Waals surface area (Å²) in [5, 5.41) is 4.48. The number of nitrogens with one attached hydrogen (secondary N) is 2. The number of fused-ring (bicyclic) bond motifs is 4. The summed E-state index contributed by atoms with van der Waals surface area (Å²) in [5.74, 6) is -0.723. The topological polar surface area (TPSA) is 85.5 Å². The van der Waals surface area contributed by atoms with Crippen LogP contribution in [-0.2, 0) is 17.8 Å². The fourth-order valence-electron chi connectivity index (χ4n) is 6.05. The van der Waals surface area contributed by atoms with E-state index in [9.17, 15) is 14.4 Å². The van der Waals surface area contributed by atoms with Crippen molar-refractivity contribution < 1.29 is 14.4 Å². The SMILES string of the molecule is O=C(NCc1ccccc1)c1ccccc1N1C(=O)[C@@H]2Cc3c([nH]c4ccccc34)C(c3cccc(Cl)c3)N2C1=O. The molecule has 3 heterocycles. The van der Waals surface area contributed by atoms with Gasteiger partial charge in [0.25, 0.3) is 11.8 Å². The van der Waals surface area contributed by atoms with Crippen LogP contribution < -0.4 is 10.2 Å². The van der Waals surface area contributed by atoms with Gasteiger partial charge >= 0.3 is 6.03 Å². The minimum Gasteiger partial charge on any atom is -0.356 e. The van der Waals surface area contributed by atoms with Gasteiger partial charge in [-0.2, -0.15) is 0 Å². The first-order valence-corrected chi connectivity index (χ1v) is 13.8. The van der Waals surface area contributed by atoms with Gasteiger partial charge in [-0.3, -0.25) is 14.5 Å². The molecule has 0 bridgehead atoms. The molecule has 1 unspecified atom stereocenters. The van der Waals surface area contributed by atoms with E-state index in [0.29, 0.717) is 18.0 Å². The van der Waals surface area contributed by atoms with Gasteiger partial charge in [0.15, 0.2) is 0 Å². The van der Waals surface area contributed by atoms with Crippen molar-refractivity contribution in [2.45, 2.75) is 25.0 Å². The molecule has 7 nitrogen and oxygen atoms in total. The van der Waals surface area contributed by atoms with Crippen LogP contribution in [0.25, 0.3) is 10.9 Å². The zero-order valence-corrected chi connectivity index (χ0v) is 22.6. The number of hydrogen-bond acceptors (Lipinski definition) is 3. The number of aromatic amines is 1. The Morgan fingerprint density at radius 1 is 0.902 bits per heavy atom. The number of imide groups is 1. The number of rotatable bonds is 5. The van der Waals surface area contributed by atoms with Crippen LogP contribution in [0.5, 0.6) is 0 Å². The maximum Gasteiger partial charge on any atom is 0.332 e. The maximum absolute atomic E-state index is 14.3. The van der Waals surface area contributed by atoms with Gasteiger partial charge in [0.2, 0.25) is 0 Å². The number of carbonyl (C=O) groups excluding carboxylic acids is 3. The van der Waals surface area contributed by atoms with Crippen molar-refractivity contribution in [3.8, 4) is 0 Å². The van der Waals surface area contributed by atoms with E-state index in [1.54, 1.807) is 35.2 Å². The average Bonchev–Trinajstić information content (AvgIpc) is 3.49. The van der Waals surface area contributed by atoms with Gasteiger partial charge < -0.3 is 10.3 Å². The zero-order chi connectivity index (χ0) is 28.1. The lowest BCUT2D eigenvalue weighted by molar-refractivity contribution is -0.120. The fourth-order valence-corrected chi connectivity index (χ4v) is 6.25. The minimum absolute atomic E-state index is 0.258. The first kappa shape index (κ1) is 25.1. The molecule has 8 heteroatoms. The highest BCUT2D eigenvalue weighted by Crippen LogP contribution is 2.45. The lowest BCUT2D eigenvalue weighted by Crippen LogP contribution is -2.44. The molecule has 7 rings (SSSR count). The van der Waals surface area contributed by atoms with Crippen LogP contribution in [-0.4, -0.2) is 33.8 Å². The molecule has 1 aromatic heterocycles. The number of amides is 4. The summed E-state index contributed by atoms with van der Waals surface area (Å²) < 4.78 is 0. The van der Waals surface area contributed by atoms with Crippen LogP contribution in [0.4, 0.5) is 10.5 Å². The summed E-state index contributed by atoms with van der Waals surface area (Å²) in [6, 6.07) is 29.9. The Balaban J connectivity index is 1.29. The molecule has 5 aromatic rings. The van der Waals surface area contributed by atoms with Gasteiger partial charge in [-0.05, 0) is 47.0 Å². The Bertz CT molecular complexity index is 1830. The summed E-state index contributed by atoms with van der Waals surface area (Å²) in [4.78, 5) is 48.0. The summed E-state index contributed by atoms with van der Waals surface area (Å²) in [6.45, 7) is 0.323. The highest BCUT2D eigenvalue weighted by Gasteiger charge is 2.53. The molecule has 1 fully saturated rings. The van der Waals surface area contributed by atoms with Crippen LogP contribution in [0.15, 0.2) is 103 Å².